The van der Waals surface area contributed by atoms with Crippen molar-refractivity contribution in [2.75, 3.05) is 19.9 Å². The molecule has 0 saturated carbocycles. The molecule has 0 aromatic rings. The maximum Gasteiger partial charge on any atom is 0.237 e. The lowest BCUT2D eigenvalue weighted by Crippen LogP contribution is -2.34. The highest BCUT2D eigenvalue weighted by Gasteiger charge is 2.23. The maximum absolute atomic E-state index is 11.5. The summed E-state index contributed by atoms with van der Waals surface area (Å²) in [7, 11) is 0. The lowest BCUT2D eigenvalue weighted by Gasteiger charge is -2.17. The van der Waals surface area contributed by atoms with E-state index in [-0.39, 0.29) is 11.2 Å². The van der Waals surface area contributed by atoms with Gasteiger partial charge in [-0.3, -0.25) is 4.79 Å². The molecule has 1 amide bonds. The molecule has 1 heterocycles. The third-order valence-electron chi connectivity index (χ3n) is 1.91. The van der Waals surface area contributed by atoms with Crippen LogP contribution < -0.4 is 0 Å². The zero-order valence-electron chi connectivity index (χ0n) is 7.32. The number of rotatable bonds is 3. The normalized spacial score (nSPS) is 19.7. The van der Waals surface area contributed by atoms with E-state index < -0.39 is 0 Å². The molecular formula is C8H15NO2S. The zero-order valence-corrected chi connectivity index (χ0v) is 8.22. The van der Waals surface area contributed by atoms with Crippen LogP contribution in [0.25, 0.3) is 0 Å². The van der Waals surface area contributed by atoms with E-state index in [0.717, 1.165) is 19.4 Å². The van der Waals surface area contributed by atoms with Crippen molar-refractivity contribution in [3.05, 3.63) is 0 Å². The minimum atomic E-state index is -0.142. The summed E-state index contributed by atoms with van der Waals surface area (Å²) < 4.78 is 5.08. The summed E-state index contributed by atoms with van der Waals surface area (Å²) in [6.45, 7) is 3.88. The number of carbonyl (C=O) groups excluding carboxylic acids is 1. The molecule has 1 rings (SSSR count). The van der Waals surface area contributed by atoms with E-state index in [4.69, 9.17) is 4.74 Å². The van der Waals surface area contributed by atoms with Gasteiger partial charge in [0.2, 0.25) is 5.91 Å². The first kappa shape index (κ1) is 9.86. The number of ether oxygens (including phenoxy) is 1. The number of amides is 1. The van der Waals surface area contributed by atoms with Crippen LogP contribution in [0.4, 0.5) is 0 Å². The molecule has 70 valence electrons. The summed E-state index contributed by atoms with van der Waals surface area (Å²) in [4.78, 5) is 13.2. The van der Waals surface area contributed by atoms with Crippen molar-refractivity contribution in [3.63, 3.8) is 0 Å². The van der Waals surface area contributed by atoms with Gasteiger partial charge in [-0.1, -0.05) is 13.3 Å². The van der Waals surface area contributed by atoms with Crippen LogP contribution in [0.5, 0.6) is 0 Å². The monoisotopic (exact) mass is 189 g/mol. The van der Waals surface area contributed by atoms with Crippen molar-refractivity contribution in [2.45, 2.75) is 25.0 Å². The Hall–Kier alpha value is -0.220. The van der Waals surface area contributed by atoms with Gasteiger partial charge in [0.25, 0.3) is 0 Å². The van der Waals surface area contributed by atoms with Crippen LogP contribution >= 0.6 is 12.6 Å². The first-order valence-electron chi connectivity index (χ1n) is 4.30. The van der Waals surface area contributed by atoms with Crippen LogP contribution in [0.2, 0.25) is 0 Å². The quantitative estimate of drug-likeness (QED) is 0.668. The van der Waals surface area contributed by atoms with Gasteiger partial charge in [-0.15, -0.1) is 0 Å². The average molecular weight is 189 g/mol. The number of nitrogens with zero attached hydrogens (tertiary/aromatic N) is 1. The van der Waals surface area contributed by atoms with Crippen molar-refractivity contribution in [1.82, 2.24) is 4.90 Å². The molecule has 0 aliphatic carbocycles. The van der Waals surface area contributed by atoms with Crippen LogP contribution in [0.1, 0.15) is 19.8 Å². The Kier molecular flexibility index (Phi) is 3.88. The smallest absolute Gasteiger partial charge is 0.237 e. The highest BCUT2D eigenvalue weighted by Crippen LogP contribution is 2.10. The van der Waals surface area contributed by atoms with Crippen molar-refractivity contribution < 1.29 is 9.53 Å². The third kappa shape index (κ3) is 2.38. The second-order valence-corrected chi connectivity index (χ2v) is 3.57. The van der Waals surface area contributed by atoms with E-state index >= 15 is 0 Å². The Morgan fingerprint density at radius 3 is 3.00 bits per heavy atom. The predicted molar refractivity (Wildman–Crippen MR) is 50.2 cm³/mol. The summed E-state index contributed by atoms with van der Waals surface area (Å²) in [5.41, 5.74) is 0. The van der Waals surface area contributed by atoms with Crippen molar-refractivity contribution in [1.29, 1.82) is 0 Å². The van der Waals surface area contributed by atoms with E-state index in [9.17, 15) is 4.79 Å². The highest BCUT2D eigenvalue weighted by atomic mass is 32.1. The molecule has 0 radical (unpaired) electrons. The maximum atomic E-state index is 11.5. The third-order valence-corrected chi connectivity index (χ3v) is 2.39. The number of hydrogen-bond donors (Lipinski definition) is 1. The molecule has 3 nitrogen and oxygen atoms in total. The zero-order chi connectivity index (χ0) is 8.97. The van der Waals surface area contributed by atoms with Crippen LogP contribution in [0.3, 0.4) is 0 Å². The summed E-state index contributed by atoms with van der Waals surface area (Å²) in [6.07, 6.45) is 1.84. The van der Waals surface area contributed by atoms with Gasteiger partial charge < -0.3 is 9.64 Å². The second kappa shape index (κ2) is 4.72. The molecule has 1 fully saturated rings. The van der Waals surface area contributed by atoms with E-state index in [1.807, 2.05) is 0 Å². The Morgan fingerprint density at radius 2 is 2.50 bits per heavy atom. The Morgan fingerprint density at radius 1 is 1.75 bits per heavy atom. The van der Waals surface area contributed by atoms with E-state index in [1.54, 1.807) is 4.90 Å². The first-order valence-corrected chi connectivity index (χ1v) is 4.82. The molecule has 1 unspecified atom stereocenters. The molecule has 0 bridgehead atoms. The average Bonchev–Trinajstić information content (AvgIpc) is 2.55. The minimum absolute atomic E-state index is 0.109. The molecule has 4 heteroatoms. The van der Waals surface area contributed by atoms with Gasteiger partial charge in [0.05, 0.1) is 11.9 Å². The number of thiol groups is 1. The van der Waals surface area contributed by atoms with Crippen LogP contribution in [-0.2, 0) is 9.53 Å². The van der Waals surface area contributed by atoms with Crippen LogP contribution in [0, 0.1) is 0 Å². The number of carbonyl (C=O) groups is 1. The molecule has 0 aromatic carbocycles. The molecule has 1 saturated heterocycles. The van der Waals surface area contributed by atoms with Gasteiger partial charge in [-0.25, -0.2) is 0 Å². The Bertz CT molecular complexity index is 157. The fraction of sp³-hybridized carbons (Fsp3) is 0.875. The van der Waals surface area contributed by atoms with Gasteiger partial charge in [-0.2, -0.15) is 12.6 Å². The molecule has 12 heavy (non-hydrogen) atoms. The van der Waals surface area contributed by atoms with E-state index in [1.165, 1.54) is 0 Å². The van der Waals surface area contributed by atoms with Crippen LogP contribution in [0.15, 0.2) is 0 Å². The van der Waals surface area contributed by atoms with Gasteiger partial charge in [0.15, 0.2) is 0 Å². The van der Waals surface area contributed by atoms with Crippen LogP contribution in [-0.4, -0.2) is 35.9 Å². The van der Waals surface area contributed by atoms with Crippen molar-refractivity contribution >= 4 is 18.5 Å². The Balaban J connectivity index is 2.34. The molecule has 1 aliphatic heterocycles. The molecule has 1 atom stereocenters. The lowest BCUT2D eigenvalue weighted by molar-refractivity contribution is -0.131. The lowest BCUT2D eigenvalue weighted by atomic mass is 10.2. The van der Waals surface area contributed by atoms with Gasteiger partial charge in [0.1, 0.15) is 6.73 Å². The fourth-order valence-corrected chi connectivity index (χ4v) is 1.62. The molecule has 0 N–H and O–H groups in total. The number of hydrogen-bond acceptors (Lipinski definition) is 3. The minimum Gasteiger partial charge on any atom is -0.359 e. The van der Waals surface area contributed by atoms with Gasteiger partial charge in [-0.05, 0) is 6.42 Å². The molecule has 1 aliphatic rings. The van der Waals surface area contributed by atoms with Gasteiger partial charge >= 0.3 is 0 Å². The standard InChI is InChI=1S/C8H15NO2S/c1-2-3-7(12)8(10)9-4-5-11-6-9/h7,12H,2-6H2,1H3. The molecule has 0 spiro atoms. The summed E-state index contributed by atoms with van der Waals surface area (Å²) in [5, 5.41) is -0.142. The molecular weight excluding hydrogens is 174 g/mol. The van der Waals surface area contributed by atoms with Crippen molar-refractivity contribution in [2.24, 2.45) is 0 Å². The largest absolute Gasteiger partial charge is 0.359 e. The predicted octanol–water partition coefficient (Wildman–Crippen LogP) is 0.901. The van der Waals surface area contributed by atoms with E-state index in [0.29, 0.717) is 13.3 Å². The topological polar surface area (TPSA) is 29.5 Å². The summed E-state index contributed by atoms with van der Waals surface area (Å²) >= 11 is 4.23. The molecule has 0 aromatic heterocycles. The summed E-state index contributed by atoms with van der Waals surface area (Å²) in [5.74, 6) is 0.109. The Labute approximate surface area is 78.5 Å². The van der Waals surface area contributed by atoms with E-state index in [2.05, 4.69) is 19.6 Å². The fourth-order valence-electron chi connectivity index (χ4n) is 1.20. The van der Waals surface area contributed by atoms with Gasteiger partial charge in [0, 0.05) is 6.54 Å². The first-order chi connectivity index (χ1) is 5.75. The second-order valence-electron chi connectivity index (χ2n) is 2.94. The highest BCUT2D eigenvalue weighted by molar-refractivity contribution is 7.81. The SMILES string of the molecule is CCCC(S)C(=O)N1CCOC1. The summed E-state index contributed by atoms with van der Waals surface area (Å²) in [6, 6.07) is 0. The van der Waals surface area contributed by atoms with Crippen molar-refractivity contribution in [3.8, 4) is 0 Å².